The summed E-state index contributed by atoms with van der Waals surface area (Å²) in [7, 11) is 0. The Balaban J connectivity index is 2.37. The van der Waals surface area contributed by atoms with Gasteiger partial charge in [-0.15, -0.1) is 0 Å². The van der Waals surface area contributed by atoms with Gasteiger partial charge in [0, 0.05) is 18.7 Å². The molecule has 1 aromatic carbocycles. The molecule has 1 saturated heterocycles. The lowest BCUT2D eigenvalue weighted by Gasteiger charge is -2.20. The molecule has 1 amide bonds. The first-order valence-electron chi connectivity index (χ1n) is 5.78. The van der Waals surface area contributed by atoms with Crippen LogP contribution in [-0.2, 0) is 4.79 Å². The van der Waals surface area contributed by atoms with Crippen LogP contribution < -0.4 is 4.90 Å². The molecular formula is C13H15NO3S. The first-order valence-corrected chi connectivity index (χ1v) is 6.42. The predicted molar refractivity (Wildman–Crippen MR) is 72.5 cm³/mol. The molecule has 5 heteroatoms. The van der Waals surface area contributed by atoms with Crippen molar-refractivity contribution >= 4 is 30.2 Å². The number of nitrogens with zero attached hydrogens (tertiary/aromatic N) is 1. The molecule has 1 unspecified atom stereocenters. The fourth-order valence-corrected chi connectivity index (χ4v) is 2.53. The average Bonchev–Trinajstić information content (AvgIpc) is 2.70. The van der Waals surface area contributed by atoms with Crippen molar-refractivity contribution in [3.63, 3.8) is 0 Å². The molecule has 1 heterocycles. The van der Waals surface area contributed by atoms with Crippen molar-refractivity contribution in [2.45, 2.75) is 13.3 Å². The number of carbonyl (C=O) groups excluding carboxylic acids is 1. The fraction of sp³-hybridized carbons (Fsp3) is 0.385. The quantitative estimate of drug-likeness (QED) is 0.822. The molecule has 1 atom stereocenters. The molecule has 18 heavy (non-hydrogen) atoms. The summed E-state index contributed by atoms with van der Waals surface area (Å²) in [6.45, 7) is 2.35. The number of carboxylic acids is 1. The number of anilines is 1. The average molecular weight is 265 g/mol. The number of aromatic carboxylic acids is 1. The van der Waals surface area contributed by atoms with E-state index >= 15 is 0 Å². The van der Waals surface area contributed by atoms with Crippen LogP contribution in [0.4, 0.5) is 5.69 Å². The standard InChI is InChI=1S/C13H15NO3S/c1-8-10(13(16)17)3-2-4-11(8)14-6-9(7-18)5-12(14)15/h2-4,9,18H,5-7H2,1H3,(H,16,17). The van der Waals surface area contributed by atoms with E-state index in [0.717, 1.165) is 0 Å². The summed E-state index contributed by atoms with van der Waals surface area (Å²) in [5.41, 5.74) is 1.58. The number of rotatable bonds is 3. The lowest BCUT2D eigenvalue weighted by atomic mass is 10.1. The Hall–Kier alpha value is -1.49. The second-order valence-corrected chi connectivity index (χ2v) is 4.88. The predicted octanol–water partition coefficient (Wildman–Crippen LogP) is 1.98. The highest BCUT2D eigenvalue weighted by atomic mass is 32.1. The maximum absolute atomic E-state index is 11.9. The van der Waals surface area contributed by atoms with Gasteiger partial charge in [-0.1, -0.05) is 6.07 Å². The third kappa shape index (κ3) is 2.22. The molecule has 0 aromatic heterocycles. The largest absolute Gasteiger partial charge is 0.478 e. The van der Waals surface area contributed by atoms with E-state index in [0.29, 0.717) is 30.0 Å². The molecule has 1 fully saturated rings. The fourth-order valence-electron chi connectivity index (χ4n) is 2.28. The second kappa shape index (κ2) is 5.02. The highest BCUT2D eigenvalue weighted by molar-refractivity contribution is 7.80. The molecule has 2 rings (SSSR count). The molecule has 0 bridgehead atoms. The third-order valence-electron chi connectivity index (χ3n) is 3.29. The Labute approximate surface area is 111 Å². The van der Waals surface area contributed by atoms with Gasteiger partial charge in [0.05, 0.1) is 5.56 Å². The number of carbonyl (C=O) groups is 2. The monoisotopic (exact) mass is 265 g/mol. The van der Waals surface area contributed by atoms with Crippen molar-refractivity contribution < 1.29 is 14.7 Å². The van der Waals surface area contributed by atoms with Crippen molar-refractivity contribution in [1.29, 1.82) is 0 Å². The summed E-state index contributed by atoms with van der Waals surface area (Å²) in [6.07, 6.45) is 0.486. The minimum atomic E-state index is -0.966. The van der Waals surface area contributed by atoms with Gasteiger partial charge < -0.3 is 10.0 Å². The Kier molecular flexibility index (Phi) is 3.61. The third-order valence-corrected chi connectivity index (χ3v) is 3.81. The molecule has 0 radical (unpaired) electrons. The van der Waals surface area contributed by atoms with Gasteiger partial charge in [-0.25, -0.2) is 4.79 Å². The highest BCUT2D eigenvalue weighted by Gasteiger charge is 2.31. The molecule has 0 aliphatic carbocycles. The molecule has 1 aromatic rings. The molecule has 1 N–H and O–H groups in total. The molecule has 1 aliphatic rings. The number of hydrogen-bond acceptors (Lipinski definition) is 3. The Morgan fingerprint density at radius 2 is 2.28 bits per heavy atom. The van der Waals surface area contributed by atoms with Crippen LogP contribution in [0.1, 0.15) is 22.3 Å². The number of benzene rings is 1. The number of hydrogen-bond donors (Lipinski definition) is 2. The molecule has 4 nitrogen and oxygen atoms in total. The maximum atomic E-state index is 11.9. The van der Waals surface area contributed by atoms with Crippen LogP contribution in [0.25, 0.3) is 0 Å². The summed E-state index contributed by atoms with van der Waals surface area (Å²) < 4.78 is 0. The zero-order chi connectivity index (χ0) is 13.3. The van der Waals surface area contributed by atoms with Gasteiger partial charge in [0.1, 0.15) is 0 Å². The van der Waals surface area contributed by atoms with Crippen molar-refractivity contribution in [2.24, 2.45) is 5.92 Å². The van der Waals surface area contributed by atoms with Crippen molar-refractivity contribution in [3.8, 4) is 0 Å². The van der Waals surface area contributed by atoms with E-state index in [1.807, 2.05) is 0 Å². The van der Waals surface area contributed by atoms with Crippen LogP contribution in [0.15, 0.2) is 18.2 Å². The lowest BCUT2D eigenvalue weighted by Crippen LogP contribution is -2.26. The van der Waals surface area contributed by atoms with Crippen molar-refractivity contribution in [2.75, 3.05) is 17.2 Å². The van der Waals surface area contributed by atoms with Crippen LogP contribution in [0.5, 0.6) is 0 Å². The molecule has 96 valence electrons. The first kappa shape index (κ1) is 13.0. The van der Waals surface area contributed by atoms with E-state index in [-0.39, 0.29) is 17.4 Å². The normalized spacial score (nSPS) is 19.3. The van der Waals surface area contributed by atoms with Crippen LogP contribution in [0.2, 0.25) is 0 Å². The van der Waals surface area contributed by atoms with Crippen molar-refractivity contribution in [3.05, 3.63) is 29.3 Å². The molecule has 1 aliphatic heterocycles. The van der Waals surface area contributed by atoms with Crippen LogP contribution in [0, 0.1) is 12.8 Å². The van der Waals surface area contributed by atoms with Gasteiger partial charge in [0.25, 0.3) is 0 Å². The Bertz CT molecular complexity index is 501. The van der Waals surface area contributed by atoms with Gasteiger partial charge in [-0.05, 0) is 36.3 Å². The zero-order valence-electron chi connectivity index (χ0n) is 10.1. The summed E-state index contributed by atoms with van der Waals surface area (Å²) in [5.74, 6) is -0.0138. The van der Waals surface area contributed by atoms with Gasteiger partial charge in [0.15, 0.2) is 0 Å². The van der Waals surface area contributed by atoms with E-state index in [1.54, 1.807) is 30.0 Å². The van der Waals surface area contributed by atoms with E-state index in [2.05, 4.69) is 12.6 Å². The first-order chi connectivity index (χ1) is 8.54. The smallest absolute Gasteiger partial charge is 0.336 e. The number of thiol groups is 1. The topological polar surface area (TPSA) is 57.6 Å². The zero-order valence-corrected chi connectivity index (χ0v) is 11.0. The SMILES string of the molecule is Cc1c(C(=O)O)cccc1N1CC(CS)CC1=O. The summed E-state index contributed by atoms with van der Waals surface area (Å²) in [5, 5.41) is 9.08. The van der Waals surface area contributed by atoms with Crippen LogP contribution >= 0.6 is 12.6 Å². The van der Waals surface area contributed by atoms with E-state index in [4.69, 9.17) is 5.11 Å². The summed E-state index contributed by atoms with van der Waals surface area (Å²) in [6, 6.07) is 5.02. The number of amides is 1. The Morgan fingerprint density at radius 1 is 1.56 bits per heavy atom. The van der Waals surface area contributed by atoms with Gasteiger partial charge in [-0.2, -0.15) is 12.6 Å². The minimum absolute atomic E-state index is 0.0414. The molecular weight excluding hydrogens is 250 g/mol. The van der Waals surface area contributed by atoms with Crippen LogP contribution in [0.3, 0.4) is 0 Å². The Morgan fingerprint density at radius 3 is 2.83 bits per heavy atom. The van der Waals surface area contributed by atoms with Crippen molar-refractivity contribution in [1.82, 2.24) is 0 Å². The molecule has 0 spiro atoms. The van der Waals surface area contributed by atoms with E-state index < -0.39 is 5.97 Å². The summed E-state index contributed by atoms with van der Waals surface area (Å²) in [4.78, 5) is 24.7. The highest BCUT2D eigenvalue weighted by Crippen LogP contribution is 2.29. The number of carboxylic acid groups (broad SMARTS) is 1. The van der Waals surface area contributed by atoms with Gasteiger partial charge in [0.2, 0.25) is 5.91 Å². The molecule has 0 saturated carbocycles. The lowest BCUT2D eigenvalue weighted by molar-refractivity contribution is -0.117. The van der Waals surface area contributed by atoms with E-state index in [9.17, 15) is 9.59 Å². The summed E-state index contributed by atoms with van der Waals surface area (Å²) >= 11 is 4.22. The van der Waals surface area contributed by atoms with Crippen LogP contribution in [-0.4, -0.2) is 29.3 Å². The van der Waals surface area contributed by atoms with Gasteiger partial charge in [-0.3, -0.25) is 4.79 Å². The van der Waals surface area contributed by atoms with E-state index in [1.165, 1.54) is 0 Å². The van der Waals surface area contributed by atoms with Gasteiger partial charge >= 0.3 is 5.97 Å². The second-order valence-electron chi connectivity index (χ2n) is 4.51. The maximum Gasteiger partial charge on any atom is 0.336 e. The minimum Gasteiger partial charge on any atom is -0.478 e.